The first kappa shape index (κ1) is 9.76. The third-order valence-electron chi connectivity index (χ3n) is 1.54. The van der Waals surface area contributed by atoms with E-state index >= 15 is 0 Å². The average Bonchev–Trinajstić information content (AvgIpc) is 2.59. The fraction of sp³-hybridized carbons (Fsp3) is 0.143. The SMILES string of the molecule is [Cl-].c1cncc(CC2=NN=N[NH2+]2)c1. The van der Waals surface area contributed by atoms with Gasteiger partial charge in [0.05, 0.1) is 11.6 Å². The quantitative estimate of drug-likeness (QED) is 0.501. The first-order valence-corrected chi connectivity index (χ1v) is 3.64. The summed E-state index contributed by atoms with van der Waals surface area (Å²) in [6.07, 6.45) is 4.31. The molecule has 0 aromatic carbocycles. The van der Waals surface area contributed by atoms with Gasteiger partial charge in [-0.3, -0.25) is 4.98 Å². The molecule has 0 fully saturated rings. The monoisotopic (exact) mass is 197 g/mol. The van der Waals surface area contributed by atoms with E-state index in [9.17, 15) is 0 Å². The van der Waals surface area contributed by atoms with E-state index in [1.165, 1.54) is 0 Å². The fourth-order valence-electron chi connectivity index (χ4n) is 0.994. The first-order chi connectivity index (χ1) is 5.95. The molecule has 1 aliphatic heterocycles. The fourth-order valence-corrected chi connectivity index (χ4v) is 0.994. The molecule has 6 heteroatoms. The van der Waals surface area contributed by atoms with Crippen LogP contribution in [0.25, 0.3) is 0 Å². The zero-order chi connectivity index (χ0) is 8.23. The molecule has 2 heterocycles. The van der Waals surface area contributed by atoms with Gasteiger partial charge in [-0.25, -0.2) is 0 Å². The van der Waals surface area contributed by atoms with E-state index in [0.29, 0.717) is 0 Å². The van der Waals surface area contributed by atoms with Gasteiger partial charge in [-0.15, -0.1) is 0 Å². The van der Waals surface area contributed by atoms with Gasteiger partial charge >= 0.3 is 0 Å². The second-order valence-electron chi connectivity index (χ2n) is 2.46. The maximum absolute atomic E-state index is 4.00. The van der Waals surface area contributed by atoms with Gasteiger partial charge in [0.15, 0.2) is 0 Å². The average molecular weight is 198 g/mol. The van der Waals surface area contributed by atoms with Gasteiger partial charge in [-0.1, -0.05) is 11.2 Å². The summed E-state index contributed by atoms with van der Waals surface area (Å²) in [5.41, 5.74) is 2.78. The van der Waals surface area contributed by atoms with E-state index in [2.05, 4.69) is 20.5 Å². The van der Waals surface area contributed by atoms with Crippen molar-refractivity contribution in [1.29, 1.82) is 0 Å². The van der Waals surface area contributed by atoms with Gasteiger partial charge in [0.1, 0.15) is 0 Å². The molecule has 0 aliphatic carbocycles. The Balaban J connectivity index is 0.000000845. The molecule has 0 unspecified atom stereocenters. The molecule has 13 heavy (non-hydrogen) atoms. The van der Waals surface area contributed by atoms with Crippen molar-refractivity contribution < 1.29 is 17.8 Å². The van der Waals surface area contributed by atoms with Crippen molar-refractivity contribution in [2.45, 2.75) is 6.42 Å². The van der Waals surface area contributed by atoms with Crippen LogP contribution in [0.15, 0.2) is 40.1 Å². The Morgan fingerprint density at radius 2 is 2.31 bits per heavy atom. The predicted octanol–water partition coefficient (Wildman–Crippen LogP) is -3.11. The van der Waals surface area contributed by atoms with Crippen LogP contribution in [0.2, 0.25) is 0 Å². The summed E-state index contributed by atoms with van der Waals surface area (Å²) in [6, 6.07) is 3.90. The zero-order valence-corrected chi connectivity index (χ0v) is 7.52. The highest BCUT2D eigenvalue weighted by Crippen LogP contribution is 1.97. The topological polar surface area (TPSA) is 66.6 Å². The Bertz CT molecular complexity index is 321. The van der Waals surface area contributed by atoms with Crippen molar-refractivity contribution in [3.05, 3.63) is 30.1 Å². The second-order valence-corrected chi connectivity index (χ2v) is 2.46. The van der Waals surface area contributed by atoms with Crippen LogP contribution in [-0.2, 0) is 6.42 Å². The maximum atomic E-state index is 4.00. The lowest BCUT2D eigenvalue weighted by atomic mass is 10.2. The molecule has 1 aliphatic rings. The minimum Gasteiger partial charge on any atom is -1.00 e. The minimum absolute atomic E-state index is 0. The van der Waals surface area contributed by atoms with Gasteiger partial charge in [-0.05, 0) is 11.6 Å². The number of hydrogen-bond donors (Lipinski definition) is 1. The molecule has 2 N–H and O–H groups in total. The molecule has 0 atom stereocenters. The highest BCUT2D eigenvalue weighted by molar-refractivity contribution is 5.75. The van der Waals surface area contributed by atoms with Crippen molar-refractivity contribution >= 4 is 5.84 Å². The third kappa shape index (κ3) is 2.57. The zero-order valence-electron chi connectivity index (χ0n) is 6.76. The smallest absolute Gasteiger partial charge is 0.253 e. The number of amidine groups is 1. The summed E-state index contributed by atoms with van der Waals surface area (Å²) in [5, 5.41) is 11.0. The molecule has 0 amide bonds. The Morgan fingerprint density at radius 1 is 1.38 bits per heavy atom. The van der Waals surface area contributed by atoms with Crippen LogP contribution in [0.3, 0.4) is 0 Å². The lowest BCUT2D eigenvalue weighted by Gasteiger charge is -1.93. The second kappa shape index (κ2) is 4.64. The number of halogens is 1. The molecule has 0 spiro atoms. The molecule has 1 aromatic rings. The third-order valence-corrected chi connectivity index (χ3v) is 1.54. The molecule has 2 rings (SSSR count). The lowest BCUT2D eigenvalue weighted by molar-refractivity contribution is -0.549. The molecule has 0 bridgehead atoms. The summed E-state index contributed by atoms with van der Waals surface area (Å²) in [4.78, 5) is 4.00. The Labute approximate surface area is 81.4 Å². The number of quaternary nitrogens is 1. The lowest BCUT2D eigenvalue weighted by Crippen LogP contribution is -3.00. The van der Waals surface area contributed by atoms with E-state index < -0.39 is 0 Å². The van der Waals surface area contributed by atoms with Crippen LogP contribution in [0.5, 0.6) is 0 Å². The van der Waals surface area contributed by atoms with E-state index in [-0.39, 0.29) is 12.4 Å². The highest BCUT2D eigenvalue weighted by atomic mass is 35.5. The highest BCUT2D eigenvalue weighted by Gasteiger charge is 2.09. The molecule has 0 saturated heterocycles. The van der Waals surface area contributed by atoms with Crippen molar-refractivity contribution in [2.75, 3.05) is 0 Å². The van der Waals surface area contributed by atoms with Crippen LogP contribution < -0.4 is 17.8 Å². The number of nitrogens with zero attached hydrogens (tertiary/aromatic N) is 4. The van der Waals surface area contributed by atoms with Gasteiger partial charge in [-0.2, -0.15) is 5.43 Å². The van der Waals surface area contributed by atoms with E-state index in [1.807, 2.05) is 18.3 Å². The molecule has 68 valence electrons. The summed E-state index contributed by atoms with van der Waals surface area (Å²) in [5.74, 6) is 0.878. The van der Waals surface area contributed by atoms with E-state index in [4.69, 9.17) is 0 Å². The van der Waals surface area contributed by atoms with Crippen LogP contribution in [0.1, 0.15) is 5.56 Å². The van der Waals surface area contributed by atoms with Crippen molar-refractivity contribution in [3.63, 3.8) is 0 Å². The summed E-state index contributed by atoms with van der Waals surface area (Å²) in [6.45, 7) is 0. The first-order valence-electron chi connectivity index (χ1n) is 3.64. The summed E-state index contributed by atoms with van der Waals surface area (Å²) < 4.78 is 0. The summed E-state index contributed by atoms with van der Waals surface area (Å²) >= 11 is 0. The van der Waals surface area contributed by atoms with Gasteiger partial charge in [0.25, 0.3) is 5.84 Å². The Kier molecular flexibility index (Phi) is 3.48. The van der Waals surface area contributed by atoms with Crippen LogP contribution >= 0.6 is 0 Å². The largest absolute Gasteiger partial charge is 1.00 e. The molecular formula is C7H8ClN5. The van der Waals surface area contributed by atoms with E-state index in [1.54, 1.807) is 11.6 Å². The Hall–Kier alpha value is -1.33. The van der Waals surface area contributed by atoms with E-state index in [0.717, 1.165) is 17.8 Å². The van der Waals surface area contributed by atoms with Crippen molar-refractivity contribution in [1.82, 2.24) is 4.98 Å². The van der Waals surface area contributed by atoms with Gasteiger partial charge in [0, 0.05) is 17.6 Å². The van der Waals surface area contributed by atoms with Crippen LogP contribution in [0, 0.1) is 0 Å². The van der Waals surface area contributed by atoms with Gasteiger partial charge in [0.2, 0.25) is 0 Å². The predicted molar refractivity (Wildman–Crippen MR) is 42.2 cm³/mol. The molecule has 0 radical (unpaired) electrons. The van der Waals surface area contributed by atoms with Crippen LogP contribution in [-0.4, -0.2) is 10.8 Å². The maximum Gasteiger partial charge on any atom is 0.253 e. The molecular weight excluding hydrogens is 190 g/mol. The minimum atomic E-state index is 0. The Morgan fingerprint density at radius 3 is 2.92 bits per heavy atom. The molecule has 0 saturated carbocycles. The van der Waals surface area contributed by atoms with Crippen LogP contribution in [0.4, 0.5) is 0 Å². The number of aromatic nitrogens is 1. The van der Waals surface area contributed by atoms with Gasteiger partial charge < -0.3 is 12.4 Å². The van der Waals surface area contributed by atoms with Crippen molar-refractivity contribution in [3.8, 4) is 0 Å². The number of hydrogen-bond acceptors (Lipinski definition) is 4. The van der Waals surface area contributed by atoms with Crippen molar-refractivity contribution in [2.24, 2.45) is 15.5 Å². The normalized spacial score (nSPS) is 13.7. The molecule has 5 nitrogen and oxygen atoms in total. The number of pyridine rings is 1. The number of rotatable bonds is 2. The summed E-state index contributed by atoms with van der Waals surface area (Å²) in [7, 11) is 0. The number of nitrogens with two attached hydrogens (primary N) is 1. The molecule has 1 aromatic heterocycles. The standard InChI is InChI=1S/C7H7N5.ClH/c1-2-6(5-8-3-1)4-7-9-11-12-10-7;/h1-3,5H,4H2,(H,9,10,11,12);1H.